The molecule has 0 aromatic heterocycles. The highest BCUT2D eigenvalue weighted by Gasteiger charge is 2.16. The van der Waals surface area contributed by atoms with Crippen molar-refractivity contribution in [1.29, 1.82) is 0 Å². The van der Waals surface area contributed by atoms with E-state index < -0.39 is 0 Å². The Hall–Kier alpha value is -1.71. The molecule has 2 aromatic rings. The molecule has 2 rings (SSSR count). The highest BCUT2D eigenvalue weighted by Crippen LogP contribution is 2.32. The third-order valence-corrected chi connectivity index (χ3v) is 3.15. The topological polar surface area (TPSA) is 44.5 Å². The van der Waals surface area contributed by atoms with Gasteiger partial charge in [-0.2, -0.15) is 0 Å². The lowest BCUT2D eigenvalue weighted by Crippen LogP contribution is -2.19. The summed E-state index contributed by atoms with van der Waals surface area (Å²) in [6, 6.07) is 15.0. The average Bonchev–Trinajstić information content (AvgIpc) is 2.46. The number of hydrogen-bond donors (Lipinski definition) is 1. The largest absolute Gasteiger partial charge is 0.493 e. The van der Waals surface area contributed by atoms with Crippen molar-refractivity contribution >= 4 is 11.6 Å². The quantitative estimate of drug-likeness (QED) is 0.911. The number of nitrogens with two attached hydrogens (primary N) is 1. The van der Waals surface area contributed by atoms with Gasteiger partial charge in [0.25, 0.3) is 0 Å². The molecule has 0 bridgehead atoms. The predicted octanol–water partition coefficient (Wildman–Crippen LogP) is 3.43. The van der Waals surface area contributed by atoms with Crippen LogP contribution in [0.1, 0.15) is 11.7 Å². The van der Waals surface area contributed by atoms with Gasteiger partial charge < -0.3 is 15.2 Å². The Morgan fingerprint density at radius 3 is 2.32 bits per heavy atom. The second kappa shape index (κ2) is 6.45. The summed E-state index contributed by atoms with van der Waals surface area (Å²) in [5.74, 6) is 1.33. The number of methoxy groups -OCH3 is 1. The number of benzene rings is 2. The van der Waals surface area contributed by atoms with E-state index >= 15 is 0 Å². The highest BCUT2D eigenvalue weighted by molar-refractivity contribution is 6.31. The van der Waals surface area contributed by atoms with Gasteiger partial charge >= 0.3 is 0 Å². The van der Waals surface area contributed by atoms with Crippen LogP contribution in [0.3, 0.4) is 0 Å². The van der Waals surface area contributed by atoms with E-state index in [0.29, 0.717) is 23.1 Å². The first kappa shape index (κ1) is 13.7. The Labute approximate surface area is 117 Å². The molecule has 0 aliphatic carbocycles. The molecule has 0 radical (unpaired) electrons. The molecule has 0 saturated carbocycles. The SMILES string of the molecule is COc1ccccc1OC(CN)c1ccccc1Cl. The minimum atomic E-state index is -0.301. The molecule has 4 heteroatoms. The van der Waals surface area contributed by atoms with E-state index in [1.165, 1.54) is 0 Å². The molecule has 2 aromatic carbocycles. The van der Waals surface area contributed by atoms with Crippen molar-refractivity contribution in [3.8, 4) is 11.5 Å². The predicted molar refractivity (Wildman–Crippen MR) is 76.9 cm³/mol. The van der Waals surface area contributed by atoms with Crippen molar-refractivity contribution in [1.82, 2.24) is 0 Å². The summed E-state index contributed by atoms with van der Waals surface area (Å²) in [4.78, 5) is 0. The third kappa shape index (κ3) is 3.19. The summed E-state index contributed by atoms with van der Waals surface area (Å²) in [6.45, 7) is 0.335. The average molecular weight is 278 g/mol. The number of halogens is 1. The monoisotopic (exact) mass is 277 g/mol. The van der Waals surface area contributed by atoms with Crippen LogP contribution in [0.4, 0.5) is 0 Å². The number of rotatable bonds is 5. The van der Waals surface area contributed by atoms with Crippen LogP contribution in [0.5, 0.6) is 11.5 Å². The van der Waals surface area contributed by atoms with Gasteiger partial charge in [0.1, 0.15) is 6.10 Å². The van der Waals surface area contributed by atoms with Gasteiger partial charge in [-0.1, -0.05) is 41.9 Å². The Bertz CT molecular complexity index is 545. The van der Waals surface area contributed by atoms with Crippen molar-refractivity contribution < 1.29 is 9.47 Å². The summed E-state index contributed by atoms with van der Waals surface area (Å²) >= 11 is 6.17. The van der Waals surface area contributed by atoms with Gasteiger partial charge in [-0.25, -0.2) is 0 Å². The molecule has 1 atom stereocenters. The van der Waals surface area contributed by atoms with Crippen molar-refractivity contribution in [2.24, 2.45) is 5.73 Å². The van der Waals surface area contributed by atoms with E-state index in [4.69, 9.17) is 26.8 Å². The van der Waals surface area contributed by atoms with Crippen LogP contribution >= 0.6 is 11.6 Å². The molecule has 0 aliphatic heterocycles. The number of ether oxygens (including phenoxy) is 2. The van der Waals surface area contributed by atoms with Gasteiger partial charge in [-0.05, 0) is 18.2 Å². The molecule has 0 fully saturated rings. The maximum Gasteiger partial charge on any atom is 0.162 e. The molecule has 0 saturated heterocycles. The molecule has 1 unspecified atom stereocenters. The molecule has 0 amide bonds. The van der Waals surface area contributed by atoms with Crippen LogP contribution in [0.15, 0.2) is 48.5 Å². The Morgan fingerprint density at radius 1 is 1.05 bits per heavy atom. The van der Waals surface area contributed by atoms with Crippen LogP contribution in [0.25, 0.3) is 0 Å². The first-order valence-electron chi connectivity index (χ1n) is 6.00. The van der Waals surface area contributed by atoms with Crippen LogP contribution in [-0.4, -0.2) is 13.7 Å². The normalized spacial score (nSPS) is 11.9. The minimum Gasteiger partial charge on any atom is -0.493 e. The van der Waals surface area contributed by atoms with Gasteiger partial charge in [-0.15, -0.1) is 0 Å². The van der Waals surface area contributed by atoms with Gasteiger partial charge in [0.05, 0.1) is 7.11 Å². The van der Waals surface area contributed by atoms with Crippen LogP contribution in [0.2, 0.25) is 5.02 Å². The van der Waals surface area contributed by atoms with E-state index in [1.807, 2.05) is 48.5 Å². The molecule has 0 heterocycles. The van der Waals surface area contributed by atoms with E-state index in [2.05, 4.69) is 0 Å². The van der Waals surface area contributed by atoms with E-state index in [1.54, 1.807) is 7.11 Å². The van der Waals surface area contributed by atoms with Crippen molar-refractivity contribution in [2.75, 3.05) is 13.7 Å². The Morgan fingerprint density at radius 2 is 1.68 bits per heavy atom. The number of hydrogen-bond acceptors (Lipinski definition) is 3. The molecule has 0 spiro atoms. The van der Waals surface area contributed by atoms with Gasteiger partial charge in [-0.3, -0.25) is 0 Å². The fraction of sp³-hybridized carbons (Fsp3) is 0.200. The highest BCUT2D eigenvalue weighted by atomic mass is 35.5. The van der Waals surface area contributed by atoms with Crippen LogP contribution in [0, 0.1) is 0 Å². The van der Waals surface area contributed by atoms with Crippen LogP contribution in [-0.2, 0) is 0 Å². The molecular formula is C15H16ClNO2. The zero-order valence-corrected chi connectivity index (χ0v) is 11.4. The van der Waals surface area contributed by atoms with E-state index in [9.17, 15) is 0 Å². The van der Waals surface area contributed by atoms with Crippen molar-refractivity contribution in [3.63, 3.8) is 0 Å². The van der Waals surface area contributed by atoms with Gasteiger partial charge in [0.2, 0.25) is 0 Å². The molecule has 19 heavy (non-hydrogen) atoms. The molecule has 0 aliphatic rings. The zero-order chi connectivity index (χ0) is 13.7. The summed E-state index contributed by atoms with van der Waals surface area (Å²) < 4.78 is 11.2. The summed E-state index contributed by atoms with van der Waals surface area (Å²) in [5, 5.41) is 0.646. The fourth-order valence-corrected chi connectivity index (χ4v) is 2.10. The standard InChI is InChI=1S/C15H16ClNO2/c1-18-13-8-4-5-9-14(13)19-15(10-17)11-6-2-3-7-12(11)16/h2-9,15H,10,17H2,1H3. The first-order chi connectivity index (χ1) is 9.26. The van der Waals surface area contributed by atoms with Crippen LogP contribution < -0.4 is 15.2 Å². The maximum absolute atomic E-state index is 6.17. The van der Waals surface area contributed by atoms with Gasteiger partial charge in [0.15, 0.2) is 11.5 Å². The second-order valence-corrected chi connectivity index (χ2v) is 4.42. The van der Waals surface area contributed by atoms with Crippen molar-refractivity contribution in [2.45, 2.75) is 6.10 Å². The lowest BCUT2D eigenvalue weighted by molar-refractivity contribution is 0.204. The zero-order valence-electron chi connectivity index (χ0n) is 10.7. The summed E-state index contributed by atoms with van der Waals surface area (Å²) in [5.41, 5.74) is 6.66. The smallest absolute Gasteiger partial charge is 0.162 e. The van der Waals surface area contributed by atoms with E-state index in [-0.39, 0.29) is 6.10 Å². The summed E-state index contributed by atoms with van der Waals surface area (Å²) in [7, 11) is 1.61. The minimum absolute atomic E-state index is 0.301. The van der Waals surface area contributed by atoms with E-state index in [0.717, 1.165) is 5.56 Å². The summed E-state index contributed by atoms with van der Waals surface area (Å²) in [6.07, 6.45) is -0.301. The molecule has 100 valence electrons. The Kier molecular flexibility index (Phi) is 4.66. The van der Waals surface area contributed by atoms with Gasteiger partial charge in [0, 0.05) is 17.1 Å². The molecule has 2 N–H and O–H groups in total. The van der Waals surface area contributed by atoms with Crippen molar-refractivity contribution in [3.05, 3.63) is 59.1 Å². The fourth-order valence-electron chi connectivity index (χ4n) is 1.84. The molecular weight excluding hydrogens is 262 g/mol. The lowest BCUT2D eigenvalue weighted by atomic mass is 10.1. The second-order valence-electron chi connectivity index (χ2n) is 4.01. The number of para-hydroxylation sites is 2. The maximum atomic E-state index is 6.17. The Balaban J connectivity index is 2.27. The lowest BCUT2D eigenvalue weighted by Gasteiger charge is -2.20. The third-order valence-electron chi connectivity index (χ3n) is 2.80. The first-order valence-corrected chi connectivity index (χ1v) is 6.38. The molecule has 3 nitrogen and oxygen atoms in total.